The molecule has 0 amide bonds. The van der Waals surface area contributed by atoms with Crippen LogP contribution in [0.3, 0.4) is 0 Å². The minimum atomic E-state index is -4.66. The highest BCUT2D eigenvalue weighted by Crippen LogP contribution is 2.31. The van der Waals surface area contributed by atoms with Gasteiger partial charge in [0, 0.05) is 0 Å². The molecule has 0 saturated carbocycles. The number of hydrogen-bond acceptors (Lipinski definition) is 5. The molecule has 0 spiro atoms. The average molecular weight is 342 g/mol. The van der Waals surface area contributed by atoms with E-state index in [-0.39, 0.29) is 6.07 Å². The zero-order valence-electron chi connectivity index (χ0n) is 13.0. The van der Waals surface area contributed by atoms with E-state index in [1.54, 1.807) is 27.7 Å². The molecule has 0 unspecified atom stereocenters. The van der Waals surface area contributed by atoms with Crippen molar-refractivity contribution in [2.75, 3.05) is 0 Å². The predicted octanol–water partition coefficient (Wildman–Crippen LogP) is 1.72. The Morgan fingerprint density at radius 2 is 1.39 bits per heavy atom. The Morgan fingerprint density at radius 1 is 0.957 bits per heavy atom. The fourth-order valence-electron chi connectivity index (χ4n) is 0.886. The molecule has 10 heteroatoms. The highest BCUT2D eigenvalue weighted by Gasteiger charge is 2.32. The Hall–Kier alpha value is -1.36. The molecule has 1 aromatic carbocycles. The Bertz CT molecular complexity index is 495. The molecule has 0 aliphatic rings. The molecule has 132 valence electrons. The van der Waals surface area contributed by atoms with Crippen LogP contribution in [0.4, 0.5) is 17.6 Å². The van der Waals surface area contributed by atoms with Crippen LogP contribution in [-0.4, -0.2) is 38.8 Å². The maximum Gasteiger partial charge on any atom is 0.707 e. The molecule has 0 atom stereocenters. The molecular weight excluding hydrogens is 323 g/mol. The van der Waals surface area contributed by atoms with Crippen LogP contribution in [0.2, 0.25) is 0 Å². The highest BCUT2D eigenvalue weighted by atomic mass is 19.4. The van der Waals surface area contributed by atoms with E-state index in [0.717, 1.165) is 0 Å². The fraction of sp³-hybridized carbons (Fsp3) is 0.538. The van der Waals surface area contributed by atoms with Gasteiger partial charge in [0.1, 0.15) is 5.75 Å². The fourth-order valence-corrected chi connectivity index (χ4v) is 0.886. The summed E-state index contributed by atoms with van der Waals surface area (Å²) in [5.41, 5.74) is -3.19. The third kappa shape index (κ3) is 7.64. The summed E-state index contributed by atoms with van der Waals surface area (Å²) in [6, 6.07) is 1.44. The van der Waals surface area contributed by atoms with E-state index in [2.05, 4.69) is 4.65 Å². The summed E-state index contributed by atoms with van der Waals surface area (Å²) >= 11 is 0. The lowest BCUT2D eigenvalue weighted by atomic mass is 9.90. The Labute approximate surface area is 131 Å². The lowest BCUT2D eigenvalue weighted by Gasteiger charge is -2.31. The van der Waals surface area contributed by atoms with Gasteiger partial charge in [-0.15, -0.1) is 0 Å². The molecule has 0 saturated heterocycles. The summed E-state index contributed by atoms with van der Waals surface area (Å²) in [5, 5.41) is 34.8. The Morgan fingerprint density at radius 3 is 1.65 bits per heavy atom. The number of aliphatic hydroxyl groups is 2. The molecule has 0 aromatic heterocycles. The molecule has 1 aromatic rings. The van der Waals surface area contributed by atoms with Gasteiger partial charge in [-0.25, -0.2) is 4.39 Å². The first-order valence-electron chi connectivity index (χ1n) is 6.40. The standard InChI is InChI=1S/C7H5BF4O3.C6H14O2/c9-5-3-4(7(10,11)12)1-2-6(5)15-8(13)14;1-5(2,7)6(3,4)8/h1-3,13-14H;7-8H,1-4H3. The molecule has 1 rings (SSSR count). The van der Waals surface area contributed by atoms with Gasteiger partial charge >= 0.3 is 13.5 Å². The molecule has 0 bridgehead atoms. The molecule has 0 aliphatic heterocycles. The lowest BCUT2D eigenvalue weighted by Crippen LogP contribution is -2.44. The summed E-state index contributed by atoms with van der Waals surface area (Å²) in [5.74, 6) is -1.99. The van der Waals surface area contributed by atoms with E-state index in [9.17, 15) is 17.6 Å². The number of hydrogen-bond donors (Lipinski definition) is 4. The first-order valence-corrected chi connectivity index (χ1v) is 6.40. The van der Waals surface area contributed by atoms with Gasteiger partial charge in [0.05, 0.1) is 16.8 Å². The number of alkyl halides is 3. The first kappa shape index (κ1) is 21.6. The topological polar surface area (TPSA) is 90.2 Å². The number of halogens is 4. The van der Waals surface area contributed by atoms with Crippen LogP contribution >= 0.6 is 0 Å². The summed E-state index contributed by atoms with van der Waals surface area (Å²) in [4.78, 5) is 0. The van der Waals surface area contributed by atoms with Crippen molar-refractivity contribution in [1.29, 1.82) is 0 Å². The van der Waals surface area contributed by atoms with E-state index in [1.807, 2.05) is 0 Å². The quantitative estimate of drug-likeness (QED) is 0.496. The van der Waals surface area contributed by atoms with Crippen molar-refractivity contribution in [2.24, 2.45) is 0 Å². The van der Waals surface area contributed by atoms with Crippen molar-refractivity contribution in [3.63, 3.8) is 0 Å². The molecule has 0 fully saturated rings. The second-order valence-corrected chi connectivity index (χ2v) is 5.71. The summed E-state index contributed by atoms with van der Waals surface area (Å²) in [7, 11) is -2.28. The largest absolute Gasteiger partial charge is 0.707 e. The Kier molecular flexibility index (Phi) is 7.04. The van der Waals surface area contributed by atoms with Crippen molar-refractivity contribution >= 4 is 7.32 Å². The monoisotopic (exact) mass is 342 g/mol. The maximum atomic E-state index is 12.9. The van der Waals surface area contributed by atoms with Gasteiger partial charge in [-0.3, -0.25) is 0 Å². The maximum absolute atomic E-state index is 12.9. The molecule has 5 nitrogen and oxygen atoms in total. The van der Waals surface area contributed by atoms with E-state index >= 15 is 0 Å². The van der Waals surface area contributed by atoms with Crippen molar-refractivity contribution in [3.8, 4) is 5.75 Å². The van der Waals surface area contributed by atoms with Gasteiger partial charge in [0.2, 0.25) is 0 Å². The zero-order chi connectivity index (χ0) is 18.6. The lowest BCUT2D eigenvalue weighted by molar-refractivity contribution is -0.137. The average Bonchev–Trinajstić information content (AvgIpc) is 2.28. The van der Waals surface area contributed by atoms with Crippen LogP contribution in [0.5, 0.6) is 5.75 Å². The molecule has 23 heavy (non-hydrogen) atoms. The third-order valence-corrected chi connectivity index (χ3v) is 2.99. The highest BCUT2D eigenvalue weighted by molar-refractivity contribution is 6.33. The smallest absolute Gasteiger partial charge is 0.510 e. The Balaban J connectivity index is 0.000000515. The third-order valence-electron chi connectivity index (χ3n) is 2.99. The van der Waals surface area contributed by atoms with Gasteiger partial charge in [-0.2, -0.15) is 13.2 Å². The summed E-state index contributed by atoms with van der Waals surface area (Å²) in [6.45, 7) is 6.31. The van der Waals surface area contributed by atoms with Crippen LogP contribution in [0, 0.1) is 5.82 Å². The number of benzene rings is 1. The predicted molar refractivity (Wildman–Crippen MR) is 74.8 cm³/mol. The van der Waals surface area contributed by atoms with Gasteiger partial charge in [-0.1, -0.05) is 0 Å². The van der Waals surface area contributed by atoms with Crippen LogP contribution in [0.1, 0.15) is 33.3 Å². The van der Waals surface area contributed by atoms with E-state index in [4.69, 9.17) is 20.3 Å². The molecule has 0 heterocycles. The minimum Gasteiger partial charge on any atom is -0.510 e. The SMILES string of the molecule is CC(C)(O)C(C)(C)O.OB(O)Oc1ccc(C(F)(F)F)cc1F. The molecule has 0 aliphatic carbocycles. The molecule has 4 N–H and O–H groups in total. The van der Waals surface area contributed by atoms with Gasteiger partial charge in [0.15, 0.2) is 5.82 Å². The minimum absolute atomic E-state index is 0.206. The second kappa shape index (κ2) is 7.48. The van der Waals surface area contributed by atoms with Crippen molar-refractivity contribution in [3.05, 3.63) is 29.6 Å². The normalized spacial score (nSPS) is 12.3. The van der Waals surface area contributed by atoms with E-state index in [1.165, 1.54) is 0 Å². The zero-order valence-corrected chi connectivity index (χ0v) is 13.0. The van der Waals surface area contributed by atoms with Gasteiger partial charge in [0.25, 0.3) is 0 Å². The molecular formula is C13H19BF4O5. The summed E-state index contributed by atoms with van der Waals surface area (Å²) in [6.07, 6.45) is -4.66. The molecule has 0 radical (unpaired) electrons. The summed E-state index contributed by atoms with van der Waals surface area (Å²) < 4.78 is 53.1. The van der Waals surface area contributed by atoms with E-state index in [0.29, 0.717) is 12.1 Å². The van der Waals surface area contributed by atoms with Crippen molar-refractivity contribution in [2.45, 2.75) is 45.1 Å². The van der Waals surface area contributed by atoms with Crippen LogP contribution < -0.4 is 4.65 Å². The van der Waals surface area contributed by atoms with Gasteiger partial charge < -0.3 is 24.9 Å². The van der Waals surface area contributed by atoms with Crippen LogP contribution in [0.25, 0.3) is 0 Å². The van der Waals surface area contributed by atoms with Crippen molar-refractivity contribution in [1.82, 2.24) is 0 Å². The second-order valence-electron chi connectivity index (χ2n) is 5.71. The first-order chi connectivity index (χ1) is 10.1. The number of rotatable bonds is 3. The van der Waals surface area contributed by atoms with Gasteiger partial charge in [-0.05, 0) is 45.9 Å². The van der Waals surface area contributed by atoms with E-state index < -0.39 is 41.8 Å². The van der Waals surface area contributed by atoms with Crippen LogP contribution in [-0.2, 0) is 6.18 Å². The van der Waals surface area contributed by atoms with Crippen LogP contribution in [0.15, 0.2) is 18.2 Å². The van der Waals surface area contributed by atoms with Crippen molar-refractivity contribution < 1.29 is 42.5 Å².